The summed E-state index contributed by atoms with van der Waals surface area (Å²) in [5, 5.41) is 16.6. The van der Waals surface area contributed by atoms with Crippen LogP contribution in [0.1, 0.15) is 18.0 Å². The maximum atomic E-state index is 12.8. The first-order chi connectivity index (χ1) is 13.7. The van der Waals surface area contributed by atoms with Gasteiger partial charge in [0, 0.05) is 42.7 Å². The number of hydrogen-bond donors (Lipinski definition) is 3. The van der Waals surface area contributed by atoms with Crippen molar-refractivity contribution in [2.75, 3.05) is 31.6 Å². The van der Waals surface area contributed by atoms with E-state index in [-0.39, 0.29) is 12.2 Å². The fourth-order valence-electron chi connectivity index (χ4n) is 4.52. The molecular weight excluding hydrogens is 354 g/mol. The van der Waals surface area contributed by atoms with Crippen molar-refractivity contribution in [1.82, 2.24) is 19.9 Å². The van der Waals surface area contributed by atoms with Crippen LogP contribution in [0.3, 0.4) is 0 Å². The van der Waals surface area contributed by atoms with Gasteiger partial charge in [0.15, 0.2) is 0 Å². The van der Waals surface area contributed by atoms with E-state index in [2.05, 4.69) is 26.7 Å². The third kappa shape index (κ3) is 2.96. The lowest BCUT2D eigenvalue weighted by Crippen LogP contribution is -2.44. The molecule has 2 atom stereocenters. The number of nitrogens with zero attached hydrogens (tertiary/aromatic N) is 3. The summed E-state index contributed by atoms with van der Waals surface area (Å²) in [6.07, 6.45) is 2.66. The lowest BCUT2D eigenvalue weighted by atomic mass is 9.83. The van der Waals surface area contributed by atoms with Crippen LogP contribution in [0.4, 0.5) is 5.82 Å². The van der Waals surface area contributed by atoms with Gasteiger partial charge in [-0.2, -0.15) is 0 Å². The van der Waals surface area contributed by atoms with E-state index in [4.69, 9.17) is 5.11 Å². The highest BCUT2D eigenvalue weighted by molar-refractivity contribution is 5.92. The van der Waals surface area contributed by atoms with Crippen molar-refractivity contribution in [1.29, 1.82) is 0 Å². The number of piperidine rings is 1. The van der Waals surface area contributed by atoms with Crippen LogP contribution in [0.25, 0.3) is 22.0 Å². The molecule has 7 heteroatoms. The van der Waals surface area contributed by atoms with E-state index in [1.165, 1.54) is 6.33 Å². The van der Waals surface area contributed by atoms with Crippen molar-refractivity contribution in [2.45, 2.75) is 18.9 Å². The van der Waals surface area contributed by atoms with Crippen LogP contribution >= 0.6 is 0 Å². The zero-order chi connectivity index (χ0) is 19.1. The van der Waals surface area contributed by atoms with E-state index in [0.29, 0.717) is 24.2 Å². The summed E-state index contributed by atoms with van der Waals surface area (Å²) in [6, 6.07) is 9.88. The quantitative estimate of drug-likeness (QED) is 0.639. The van der Waals surface area contributed by atoms with Gasteiger partial charge in [-0.25, -0.2) is 9.97 Å². The molecule has 7 nitrogen and oxygen atoms in total. The molecule has 144 valence electrons. The van der Waals surface area contributed by atoms with Crippen LogP contribution in [-0.4, -0.2) is 45.9 Å². The molecule has 0 amide bonds. The third-order valence-corrected chi connectivity index (χ3v) is 5.83. The topological polar surface area (TPSA) is 92.1 Å². The molecule has 5 rings (SSSR count). The average molecular weight is 377 g/mol. The largest absolute Gasteiger partial charge is 0.395 e. The Morgan fingerprint density at radius 1 is 1.18 bits per heavy atom. The second-order valence-electron chi connectivity index (χ2n) is 7.68. The van der Waals surface area contributed by atoms with Gasteiger partial charge in [-0.1, -0.05) is 6.07 Å². The molecule has 0 aliphatic carbocycles. The van der Waals surface area contributed by atoms with Gasteiger partial charge in [-0.05, 0) is 48.2 Å². The van der Waals surface area contributed by atoms with Gasteiger partial charge in [-0.15, -0.1) is 0 Å². The Balaban J connectivity index is 1.60. The Bertz CT molecular complexity index is 1090. The second kappa shape index (κ2) is 7.00. The molecule has 3 N–H and O–H groups in total. The number of nitrogens with one attached hydrogen (secondary N) is 2. The molecular formula is C21H23N5O2. The lowest BCUT2D eigenvalue weighted by molar-refractivity contribution is 0.257. The van der Waals surface area contributed by atoms with E-state index >= 15 is 0 Å². The predicted molar refractivity (Wildman–Crippen MR) is 109 cm³/mol. The van der Waals surface area contributed by atoms with Crippen molar-refractivity contribution >= 4 is 16.7 Å². The first-order valence-electron chi connectivity index (χ1n) is 9.78. The zero-order valence-electron chi connectivity index (χ0n) is 15.6. The van der Waals surface area contributed by atoms with E-state index in [9.17, 15) is 4.79 Å². The minimum atomic E-state index is 0.0309. The number of hydrogen-bond acceptors (Lipinski definition) is 6. The van der Waals surface area contributed by atoms with Gasteiger partial charge in [0.1, 0.15) is 12.1 Å². The maximum absolute atomic E-state index is 12.8. The van der Waals surface area contributed by atoms with E-state index < -0.39 is 0 Å². The van der Waals surface area contributed by atoms with Crippen molar-refractivity contribution in [3.63, 3.8) is 0 Å². The smallest absolute Gasteiger partial charge is 0.251 e. The normalized spacial score (nSPS) is 20.8. The van der Waals surface area contributed by atoms with Gasteiger partial charge >= 0.3 is 0 Å². The maximum Gasteiger partial charge on any atom is 0.251 e. The number of fused-ring (bicyclic) bond motifs is 5. The predicted octanol–water partition coefficient (Wildman–Crippen LogP) is 1.57. The fourth-order valence-corrected chi connectivity index (χ4v) is 4.52. The van der Waals surface area contributed by atoms with Crippen LogP contribution in [-0.2, 0) is 6.54 Å². The molecule has 2 aliphatic rings. The minimum absolute atomic E-state index is 0.0309. The van der Waals surface area contributed by atoms with Gasteiger partial charge in [0.2, 0.25) is 0 Å². The highest BCUT2D eigenvalue weighted by atomic mass is 16.3. The molecule has 0 radical (unpaired) electrons. The number of aliphatic hydroxyl groups excluding tert-OH is 1. The zero-order valence-corrected chi connectivity index (χ0v) is 15.6. The molecule has 1 fully saturated rings. The first kappa shape index (κ1) is 17.3. The number of aromatic nitrogens is 3. The molecule has 2 bridgehead atoms. The number of aliphatic hydroxyl groups is 1. The van der Waals surface area contributed by atoms with Gasteiger partial charge in [-0.3, -0.25) is 4.79 Å². The second-order valence-corrected chi connectivity index (χ2v) is 7.68. The fraction of sp³-hybridized carbons (Fsp3) is 0.381. The van der Waals surface area contributed by atoms with E-state index in [1.54, 1.807) is 6.07 Å². The Hall–Kier alpha value is -2.77. The SMILES string of the molecule is O=c1cc(-c2ccc3ncnc(NCCO)c3c2)cc2n1C[C@@H]1CNC[C@H]2C1. The van der Waals surface area contributed by atoms with Crippen molar-refractivity contribution < 1.29 is 5.11 Å². The summed E-state index contributed by atoms with van der Waals surface area (Å²) >= 11 is 0. The number of pyridine rings is 1. The highest BCUT2D eigenvalue weighted by Gasteiger charge is 2.31. The van der Waals surface area contributed by atoms with Gasteiger partial charge < -0.3 is 20.3 Å². The number of anilines is 1. The number of benzene rings is 1. The minimum Gasteiger partial charge on any atom is -0.395 e. The lowest BCUT2D eigenvalue weighted by Gasteiger charge is -2.37. The Morgan fingerprint density at radius 3 is 3.00 bits per heavy atom. The van der Waals surface area contributed by atoms with Crippen molar-refractivity contribution in [3.8, 4) is 11.1 Å². The Labute approximate surface area is 162 Å². The van der Waals surface area contributed by atoms with Crippen LogP contribution < -0.4 is 16.2 Å². The number of rotatable bonds is 4. The molecule has 1 aromatic carbocycles. The molecule has 3 aromatic rings. The van der Waals surface area contributed by atoms with E-state index in [1.807, 2.05) is 22.8 Å². The van der Waals surface area contributed by atoms with Crippen molar-refractivity contribution in [3.05, 3.63) is 52.7 Å². The Kier molecular flexibility index (Phi) is 4.33. The van der Waals surface area contributed by atoms with Crippen LogP contribution in [0.2, 0.25) is 0 Å². The molecule has 0 unspecified atom stereocenters. The molecule has 1 saturated heterocycles. The highest BCUT2D eigenvalue weighted by Crippen LogP contribution is 2.34. The van der Waals surface area contributed by atoms with Gasteiger partial charge in [0.25, 0.3) is 5.56 Å². The summed E-state index contributed by atoms with van der Waals surface area (Å²) in [7, 11) is 0. The molecule has 2 aliphatic heterocycles. The monoisotopic (exact) mass is 377 g/mol. The van der Waals surface area contributed by atoms with Crippen LogP contribution in [0.5, 0.6) is 0 Å². The van der Waals surface area contributed by atoms with Crippen LogP contribution in [0.15, 0.2) is 41.5 Å². The van der Waals surface area contributed by atoms with Crippen LogP contribution in [0, 0.1) is 5.92 Å². The van der Waals surface area contributed by atoms with Crippen molar-refractivity contribution in [2.24, 2.45) is 5.92 Å². The summed E-state index contributed by atoms with van der Waals surface area (Å²) < 4.78 is 1.96. The summed E-state index contributed by atoms with van der Waals surface area (Å²) in [5.74, 6) is 1.63. The molecule has 4 heterocycles. The standard InChI is InChI=1S/C21H23N5O2/c27-4-3-23-21-17-6-14(1-2-18(17)24-12-25-21)15-7-19-16-5-13(9-22-10-16)11-26(19)20(28)8-15/h1-2,6-8,12-13,16,22,27H,3-5,9-11H2,(H,23,24,25)/t13-,16+/m0/s1. The molecule has 2 aromatic heterocycles. The third-order valence-electron chi connectivity index (χ3n) is 5.83. The summed E-state index contributed by atoms with van der Waals surface area (Å²) in [6.45, 7) is 3.19. The summed E-state index contributed by atoms with van der Waals surface area (Å²) in [5.41, 5.74) is 3.94. The average Bonchev–Trinajstić information content (AvgIpc) is 2.73. The Morgan fingerprint density at radius 2 is 2.11 bits per heavy atom. The first-order valence-corrected chi connectivity index (χ1v) is 9.78. The van der Waals surface area contributed by atoms with Gasteiger partial charge in [0.05, 0.1) is 12.1 Å². The molecule has 0 saturated carbocycles. The molecule has 28 heavy (non-hydrogen) atoms. The van der Waals surface area contributed by atoms with E-state index in [0.717, 1.165) is 53.8 Å². The molecule has 0 spiro atoms. The summed E-state index contributed by atoms with van der Waals surface area (Å²) in [4.78, 5) is 21.5.